The third-order valence-electron chi connectivity index (χ3n) is 2.10. The first-order chi connectivity index (χ1) is 7.54. The van der Waals surface area contributed by atoms with Gasteiger partial charge in [-0.05, 0) is 37.6 Å². The van der Waals surface area contributed by atoms with Crippen molar-refractivity contribution in [2.45, 2.75) is 19.9 Å². The topological polar surface area (TPSA) is 35.2 Å². The molecule has 1 aromatic carbocycles. The Balaban J connectivity index is 2.87. The van der Waals surface area contributed by atoms with E-state index in [4.69, 9.17) is 22.1 Å². The van der Waals surface area contributed by atoms with E-state index in [1.807, 2.05) is 32.0 Å². The Labute approximate surface area is 110 Å². The molecule has 0 aliphatic rings. The van der Waals surface area contributed by atoms with E-state index >= 15 is 0 Å². The molecule has 1 rings (SSSR count). The molecular weight excluding hydrogens is 289 g/mol. The highest BCUT2D eigenvalue weighted by Gasteiger charge is 2.08. The molecular formula is C12H15BrClNO. The monoisotopic (exact) mass is 303 g/mol. The van der Waals surface area contributed by atoms with E-state index in [-0.39, 0.29) is 6.04 Å². The molecule has 0 radical (unpaired) electrons. The average Bonchev–Trinajstić information content (AvgIpc) is 2.26. The van der Waals surface area contributed by atoms with Gasteiger partial charge in [0, 0.05) is 21.6 Å². The van der Waals surface area contributed by atoms with Gasteiger partial charge in [-0.15, -0.1) is 0 Å². The van der Waals surface area contributed by atoms with Gasteiger partial charge in [0.1, 0.15) is 12.4 Å². The molecule has 2 nitrogen and oxygen atoms in total. The first-order valence-electron chi connectivity index (χ1n) is 4.98. The standard InChI is InChI=1S/C12H15BrClNO/c1-8(6-14)7-16-12-4-3-10(13)5-11(12)9(2)15/h3-6,9H,7,15H2,1-2H3/b8-6+. The van der Waals surface area contributed by atoms with Crippen molar-refractivity contribution in [1.82, 2.24) is 0 Å². The molecule has 1 atom stereocenters. The molecule has 0 aliphatic carbocycles. The largest absolute Gasteiger partial charge is 0.489 e. The summed E-state index contributed by atoms with van der Waals surface area (Å²) in [6.45, 7) is 4.32. The molecule has 0 aromatic heterocycles. The number of rotatable bonds is 4. The molecule has 0 spiro atoms. The molecule has 88 valence electrons. The Morgan fingerprint density at radius 2 is 2.31 bits per heavy atom. The molecule has 16 heavy (non-hydrogen) atoms. The molecule has 0 fully saturated rings. The van der Waals surface area contributed by atoms with E-state index in [2.05, 4.69) is 15.9 Å². The third kappa shape index (κ3) is 3.81. The summed E-state index contributed by atoms with van der Waals surface area (Å²) in [4.78, 5) is 0. The maximum absolute atomic E-state index is 5.88. The second kappa shape index (κ2) is 6.28. The summed E-state index contributed by atoms with van der Waals surface area (Å²) >= 11 is 8.99. The van der Waals surface area contributed by atoms with Gasteiger partial charge in [0.25, 0.3) is 0 Å². The number of hydrogen-bond acceptors (Lipinski definition) is 2. The second-order valence-corrected chi connectivity index (χ2v) is 4.85. The molecule has 0 saturated heterocycles. The van der Waals surface area contributed by atoms with Gasteiger partial charge in [0.15, 0.2) is 0 Å². The van der Waals surface area contributed by atoms with Crippen molar-refractivity contribution in [3.8, 4) is 5.75 Å². The van der Waals surface area contributed by atoms with Crippen LogP contribution in [0.5, 0.6) is 5.75 Å². The van der Waals surface area contributed by atoms with Gasteiger partial charge in [-0.2, -0.15) is 0 Å². The van der Waals surface area contributed by atoms with Crippen molar-refractivity contribution >= 4 is 27.5 Å². The number of benzene rings is 1. The highest BCUT2D eigenvalue weighted by atomic mass is 79.9. The smallest absolute Gasteiger partial charge is 0.124 e. The minimum absolute atomic E-state index is 0.0622. The predicted octanol–water partition coefficient (Wildman–Crippen LogP) is 3.99. The fourth-order valence-electron chi connectivity index (χ4n) is 1.23. The quantitative estimate of drug-likeness (QED) is 0.913. The lowest BCUT2D eigenvalue weighted by molar-refractivity contribution is 0.346. The Morgan fingerprint density at radius 3 is 2.88 bits per heavy atom. The Bertz CT molecular complexity index is 391. The van der Waals surface area contributed by atoms with Gasteiger partial charge in [-0.3, -0.25) is 0 Å². The fourth-order valence-corrected chi connectivity index (χ4v) is 1.67. The van der Waals surface area contributed by atoms with Gasteiger partial charge in [0.2, 0.25) is 0 Å². The van der Waals surface area contributed by atoms with Crippen LogP contribution in [0.15, 0.2) is 33.8 Å². The maximum atomic E-state index is 5.88. The summed E-state index contributed by atoms with van der Waals surface area (Å²) in [5.41, 5.74) is 9.35. The van der Waals surface area contributed by atoms with E-state index in [1.165, 1.54) is 5.54 Å². The molecule has 2 N–H and O–H groups in total. The van der Waals surface area contributed by atoms with Crippen LogP contribution in [0.3, 0.4) is 0 Å². The van der Waals surface area contributed by atoms with E-state index in [1.54, 1.807) is 0 Å². The van der Waals surface area contributed by atoms with Crippen LogP contribution in [0.1, 0.15) is 25.5 Å². The van der Waals surface area contributed by atoms with Crippen LogP contribution < -0.4 is 10.5 Å². The van der Waals surface area contributed by atoms with Crippen molar-refractivity contribution in [1.29, 1.82) is 0 Å². The van der Waals surface area contributed by atoms with Crippen LogP contribution >= 0.6 is 27.5 Å². The molecule has 0 aliphatic heterocycles. The number of hydrogen-bond donors (Lipinski definition) is 1. The second-order valence-electron chi connectivity index (χ2n) is 3.71. The third-order valence-corrected chi connectivity index (χ3v) is 2.97. The lowest BCUT2D eigenvalue weighted by Crippen LogP contribution is -2.09. The van der Waals surface area contributed by atoms with E-state index in [9.17, 15) is 0 Å². The first-order valence-corrected chi connectivity index (χ1v) is 6.21. The molecule has 0 saturated carbocycles. The van der Waals surface area contributed by atoms with Crippen molar-refractivity contribution in [3.05, 3.63) is 39.3 Å². The van der Waals surface area contributed by atoms with Gasteiger partial charge in [-0.1, -0.05) is 27.5 Å². The average molecular weight is 305 g/mol. The molecule has 1 aromatic rings. The summed E-state index contributed by atoms with van der Waals surface area (Å²) in [5.74, 6) is 0.802. The maximum Gasteiger partial charge on any atom is 0.124 e. The lowest BCUT2D eigenvalue weighted by atomic mass is 10.1. The highest BCUT2D eigenvalue weighted by molar-refractivity contribution is 9.10. The Morgan fingerprint density at radius 1 is 1.62 bits per heavy atom. The summed E-state index contributed by atoms with van der Waals surface area (Å²) in [6.07, 6.45) is 0. The SMILES string of the molecule is C/C(=C\Cl)COc1ccc(Br)cc1C(C)N. The van der Waals surface area contributed by atoms with Crippen LogP contribution in [-0.2, 0) is 0 Å². The summed E-state index contributed by atoms with van der Waals surface area (Å²) in [5, 5.41) is 0. The van der Waals surface area contributed by atoms with Gasteiger partial charge < -0.3 is 10.5 Å². The molecule has 0 heterocycles. The summed E-state index contributed by atoms with van der Waals surface area (Å²) < 4.78 is 6.65. The van der Waals surface area contributed by atoms with Gasteiger partial charge in [-0.25, -0.2) is 0 Å². The summed E-state index contributed by atoms with van der Waals surface area (Å²) in [7, 11) is 0. The number of ether oxygens (including phenoxy) is 1. The fraction of sp³-hybridized carbons (Fsp3) is 0.333. The van der Waals surface area contributed by atoms with Crippen molar-refractivity contribution in [3.63, 3.8) is 0 Å². The van der Waals surface area contributed by atoms with E-state index in [0.717, 1.165) is 21.4 Å². The first kappa shape index (κ1) is 13.6. The van der Waals surface area contributed by atoms with Crippen LogP contribution in [0, 0.1) is 0 Å². The minimum atomic E-state index is -0.0622. The minimum Gasteiger partial charge on any atom is -0.489 e. The van der Waals surface area contributed by atoms with E-state index in [0.29, 0.717) is 6.61 Å². The van der Waals surface area contributed by atoms with Crippen molar-refractivity contribution in [2.24, 2.45) is 5.73 Å². The lowest BCUT2D eigenvalue weighted by Gasteiger charge is -2.14. The predicted molar refractivity (Wildman–Crippen MR) is 71.8 cm³/mol. The highest BCUT2D eigenvalue weighted by Crippen LogP contribution is 2.27. The normalized spacial score (nSPS) is 13.7. The van der Waals surface area contributed by atoms with Crippen LogP contribution in [0.4, 0.5) is 0 Å². The zero-order valence-corrected chi connectivity index (χ0v) is 11.7. The molecule has 4 heteroatoms. The Kier molecular flexibility index (Phi) is 5.32. The van der Waals surface area contributed by atoms with E-state index < -0.39 is 0 Å². The zero-order valence-electron chi connectivity index (χ0n) is 9.34. The van der Waals surface area contributed by atoms with Crippen LogP contribution in [-0.4, -0.2) is 6.61 Å². The van der Waals surface area contributed by atoms with Gasteiger partial charge in [0.05, 0.1) is 0 Å². The van der Waals surface area contributed by atoms with Crippen LogP contribution in [0.2, 0.25) is 0 Å². The zero-order chi connectivity index (χ0) is 12.1. The van der Waals surface area contributed by atoms with Crippen LogP contribution in [0.25, 0.3) is 0 Å². The van der Waals surface area contributed by atoms with Crippen molar-refractivity contribution in [2.75, 3.05) is 6.61 Å². The molecule has 1 unspecified atom stereocenters. The number of nitrogens with two attached hydrogens (primary N) is 1. The molecule has 0 amide bonds. The number of halogens is 2. The van der Waals surface area contributed by atoms with Gasteiger partial charge >= 0.3 is 0 Å². The Hall–Kier alpha value is -0.510. The van der Waals surface area contributed by atoms with Crippen molar-refractivity contribution < 1.29 is 4.74 Å². The molecule has 0 bridgehead atoms. The summed E-state index contributed by atoms with van der Waals surface area (Å²) in [6, 6.07) is 5.75.